The Hall–Kier alpha value is -1.56. The molecule has 10 heteroatoms. The van der Waals surface area contributed by atoms with Crippen LogP contribution >= 0.6 is 24.0 Å². The van der Waals surface area contributed by atoms with E-state index in [-0.39, 0.29) is 29.9 Å². The van der Waals surface area contributed by atoms with Crippen molar-refractivity contribution in [2.24, 2.45) is 10.4 Å². The van der Waals surface area contributed by atoms with E-state index >= 15 is 0 Å². The number of ether oxygens (including phenoxy) is 1. The van der Waals surface area contributed by atoms with E-state index in [1.807, 2.05) is 32.6 Å². The second-order valence-electron chi connectivity index (χ2n) is 8.17. The Labute approximate surface area is 199 Å². The molecule has 0 aromatic heterocycles. The maximum atomic E-state index is 13.0. The van der Waals surface area contributed by atoms with E-state index in [2.05, 4.69) is 15.6 Å². The lowest BCUT2D eigenvalue weighted by molar-refractivity contribution is -0.137. The third kappa shape index (κ3) is 8.47. The quantitative estimate of drug-likeness (QED) is 0.251. The summed E-state index contributed by atoms with van der Waals surface area (Å²) in [6.45, 7) is 10.3. The second kappa shape index (κ2) is 11.9. The molecule has 1 fully saturated rings. The van der Waals surface area contributed by atoms with Crippen LogP contribution in [-0.2, 0) is 15.7 Å². The monoisotopic (exact) mass is 556 g/mol. The van der Waals surface area contributed by atoms with Crippen molar-refractivity contribution in [3.63, 3.8) is 0 Å². The Balaban J connectivity index is 0.00000480. The zero-order chi connectivity index (χ0) is 22.4. The van der Waals surface area contributed by atoms with E-state index in [1.165, 1.54) is 6.07 Å². The van der Waals surface area contributed by atoms with E-state index in [1.54, 1.807) is 6.07 Å². The van der Waals surface area contributed by atoms with E-state index in [0.29, 0.717) is 50.9 Å². The average Bonchev–Trinajstić information content (AvgIpc) is 2.69. The number of aliphatic imine (C=N–C) groups is 1. The summed E-state index contributed by atoms with van der Waals surface area (Å²) in [4.78, 5) is 18.5. The van der Waals surface area contributed by atoms with Crippen LogP contribution in [0.2, 0.25) is 0 Å². The highest BCUT2D eigenvalue weighted by atomic mass is 127. The number of carbonyl (C=O) groups is 1. The molecule has 31 heavy (non-hydrogen) atoms. The van der Waals surface area contributed by atoms with Gasteiger partial charge < -0.3 is 20.3 Å². The van der Waals surface area contributed by atoms with Crippen LogP contribution in [0.1, 0.15) is 44.9 Å². The summed E-state index contributed by atoms with van der Waals surface area (Å²) in [6.07, 6.45) is -4.87. The van der Waals surface area contributed by atoms with Crippen LogP contribution in [0, 0.1) is 5.41 Å². The topological polar surface area (TPSA) is 66.0 Å². The SMILES string of the molecule is CCNC(=NCCNC(=O)C(C)(C)C)N1CCOC(c2cccc(C(F)(F)F)c2)C1.I. The van der Waals surface area contributed by atoms with Crippen molar-refractivity contribution in [2.45, 2.75) is 40.0 Å². The molecule has 6 nitrogen and oxygen atoms in total. The summed E-state index contributed by atoms with van der Waals surface area (Å²) in [6, 6.07) is 5.24. The number of morpholine rings is 1. The first-order chi connectivity index (χ1) is 14.0. The molecule has 176 valence electrons. The zero-order valence-corrected chi connectivity index (χ0v) is 20.7. The summed E-state index contributed by atoms with van der Waals surface area (Å²) < 4.78 is 44.8. The Morgan fingerprint density at radius 1 is 1.26 bits per heavy atom. The lowest BCUT2D eigenvalue weighted by Gasteiger charge is -2.35. The van der Waals surface area contributed by atoms with Crippen LogP contribution < -0.4 is 10.6 Å². The summed E-state index contributed by atoms with van der Waals surface area (Å²) in [7, 11) is 0. The third-order valence-corrected chi connectivity index (χ3v) is 4.63. The van der Waals surface area contributed by atoms with Crippen LogP contribution in [0.4, 0.5) is 13.2 Å². The Morgan fingerprint density at radius 3 is 2.58 bits per heavy atom. The molecule has 1 aromatic rings. The van der Waals surface area contributed by atoms with Crippen molar-refractivity contribution in [3.05, 3.63) is 35.4 Å². The van der Waals surface area contributed by atoms with Crippen molar-refractivity contribution in [1.82, 2.24) is 15.5 Å². The standard InChI is InChI=1S/C21H31F3N4O2.HI/c1-5-25-19(27-10-9-26-18(29)20(2,3)4)28-11-12-30-17(14-28)15-7-6-8-16(13-15)21(22,23)24;/h6-8,13,17H,5,9-12,14H2,1-4H3,(H,25,27)(H,26,29);1H. The summed E-state index contributed by atoms with van der Waals surface area (Å²) in [5, 5.41) is 6.06. The van der Waals surface area contributed by atoms with Crippen molar-refractivity contribution < 1.29 is 22.7 Å². The molecule has 1 amide bonds. The molecular formula is C21H32F3IN4O2. The molecular weight excluding hydrogens is 524 g/mol. The molecule has 2 rings (SSSR count). The number of guanidine groups is 1. The maximum absolute atomic E-state index is 13.0. The van der Waals surface area contributed by atoms with Crippen LogP contribution in [0.25, 0.3) is 0 Å². The minimum atomic E-state index is -4.39. The molecule has 1 saturated heterocycles. The Morgan fingerprint density at radius 2 is 1.97 bits per heavy atom. The molecule has 1 unspecified atom stereocenters. The van der Waals surface area contributed by atoms with Crippen molar-refractivity contribution in [1.29, 1.82) is 0 Å². The number of nitrogens with one attached hydrogen (secondary N) is 2. The van der Waals surface area contributed by atoms with Gasteiger partial charge in [-0.2, -0.15) is 13.2 Å². The normalized spacial score (nSPS) is 17.7. The highest BCUT2D eigenvalue weighted by molar-refractivity contribution is 14.0. The minimum Gasteiger partial charge on any atom is -0.370 e. The van der Waals surface area contributed by atoms with Crippen LogP contribution in [-0.4, -0.2) is 56.1 Å². The molecule has 1 atom stereocenters. The van der Waals surface area contributed by atoms with Gasteiger partial charge >= 0.3 is 6.18 Å². The number of benzene rings is 1. The van der Waals surface area contributed by atoms with Gasteiger partial charge in [0, 0.05) is 25.0 Å². The minimum absolute atomic E-state index is 0. The van der Waals surface area contributed by atoms with Crippen LogP contribution in [0.3, 0.4) is 0 Å². The molecule has 0 aliphatic carbocycles. The van der Waals surface area contributed by atoms with Gasteiger partial charge in [-0.3, -0.25) is 9.79 Å². The van der Waals surface area contributed by atoms with Crippen molar-refractivity contribution in [3.8, 4) is 0 Å². The first kappa shape index (κ1) is 27.5. The number of hydrogen-bond donors (Lipinski definition) is 2. The molecule has 1 aliphatic rings. The fourth-order valence-electron chi connectivity index (χ4n) is 2.98. The van der Waals surface area contributed by atoms with E-state index in [9.17, 15) is 18.0 Å². The van der Waals surface area contributed by atoms with Crippen LogP contribution in [0.5, 0.6) is 0 Å². The lowest BCUT2D eigenvalue weighted by Crippen LogP contribution is -2.48. The van der Waals surface area contributed by atoms with Crippen molar-refractivity contribution in [2.75, 3.05) is 39.3 Å². The lowest BCUT2D eigenvalue weighted by atomic mass is 9.96. The number of nitrogens with zero attached hydrogens (tertiary/aromatic N) is 2. The second-order valence-corrected chi connectivity index (χ2v) is 8.17. The van der Waals surface area contributed by atoms with Gasteiger partial charge in [-0.1, -0.05) is 32.9 Å². The predicted octanol–water partition coefficient (Wildman–Crippen LogP) is 3.82. The Kier molecular flexibility index (Phi) is 10.5. The molecule has 0 spiro atoms. The number of carbonyl (C=O) groups excluding carboxylic acids is 1. The van der Waals surface area contributed by atoms with E-state index in [0.717, 1.165) is 12.1 Å². The fraction of sp³-hybridized carbons (Fsp3) is 0.619. The number of amides is 1. The van der Waals surface area contributed by atoms with Crippen molar-refractivity contribution >= 4 is 35.8 Å². The Bertz CT molecular complexity index is 751. The molecule has 1 aliphatic heterocycles. The highest BCUT2D eigenvalue weighted by Crippen LogP contribution is 2.32. The van der Waals surface area contributed by atoms with Gasteiger partial charge in [0.05, 0.1) is 25.3 Å². The molecule has 0 bridgehead atoms. The number of hydrogen-bond acceptors (Lipinski definition) is 3. The zero-order valence-electron chi connectivity index (χ0n) is 18.4. The molecule has 0 saturated carbocycles. The number of alkyl halides is 3. The van der Waals surface area contributed by atoms with Gasteiger partial charge in [-0.25, -0.2) is 0 Å². The largest absolute Gasteiger partial charge is 0.416 e. The van der Waals surface area contributed by atoms with Gasteiger partial charge in [0.25, 0.3) is 0 Å². The predicted molar refractivity (Wildman–Crippen MR) is 126 cm³/mol. The summed E-state index contributed by atoms with van der Waals surface area (Å²) in [5.41, 5.74) is -0.657. The summed E-state index contributed by atoms with van der Waals surface area (Å²) in [5.74, 6) is 0.612. The van der Waals surface area contributed by atoms with Gasteiger partial charge in [-0.05, 0) is 24.6 Å². The highest BCUT2D eigenvalue weighted by Gasteiger charge is 2.32. The average molecular weight is 556 g/mol. The molecule has 0 radical (unpaired) electrons. The smallest absolute Gasteiger partial charge is 0.370 e. The fourth-order valence-corrected chi connectivity index (χ4v) is 2.98. The first-order valence-electron chi connectivity index (χ1n) is 10.1. The van der Waals surface area contributed by atoms with Gasteiger partial charge in [0.1, 0.15) is 6.10 Å². The van der Waals surface area contributed by atoms with Gasteiger partial charge in [-0.15, -0.1) is 24.0 Å². The maximum Gasteiger partial charge on any atom is 0.416 e. The molecule has 1 aromatic carbocycles. The number of rotatable bonds is 5. The van der Waals surface area contributed by atoms with Gasteiger partial charge in [0.2, 0.25) is 5.91 Å². The van der Waals surface area contributed by atoms with Crippen LogP contribution in [0.15, 0.2) is 29.3 Å². The van der Waals surface area contributed by atoms with E-state index < -0.39 is 23.3 Å². The van der Waals surface area contributed by atoms with E-state index in [4.69, 9.17) is 4.74 Å². The molecule has 2 N–H and O–H groups in total. The number of halogens is 4. The van der Waals surface area contributed by atoms with Gasteiger partial charge in [0.15, 0.2) is 5.96 Å². The third-order valence-electron chi connectivity index (χ3n) is 4.63. The first-order valence-corrected chi connectivity index (χ1v) is 10.1. The summed E-state index contributed by atoms with van der Waals surface area (Å²) >= 11 is 0. The molecule has 1 heterocycles.